The predicted molar refractivity (Wildman–Crippen MR) is 120 cm³/mol. The SMILES string of the molecule is CC(C)(C)SCC(=O)[C@@]1(O)CC[C@@H]2[C@@H]3CCC4=CC(=O)C=C[C@]4(C)[C@H]3[C@H](O)C[C@]21C. The molecule has 0 unspecified atom stereocenters. The normalized spacial score (nSPS) is 45.4. The third kappa shape index (κ3) is 3.18. The number of hydrogen-bond acceptors (Lipinski definition) is 5. The summed E-state index contributed by atoms with van der Waals surface area (Å²) in [5, 5.41) is 23.1. The van der Waals surface area contributed by atoms with Crippen molar-refractivity contribution < 1.29 is 19.8 Å². The molecule has 0 aromatic carbocycles. The van der Waals surface area contributed by atoms with Gasteiger partial charge >= 0.3 is 0 Å². The number of thioether (sulfide) groups is 1. The molecule has 0 aromatic rings. The van der Waals surface area contributed by atoms with Crippen LogP contribution in [-0.4, -0.2) is 44.0 Å². The smallest absolute Gasteiger partial charge is 0.178 e. The van der Waals surface area contributed by atoms with Gasteiger partial charge in [0.15, 0.2) is 11.6 Å². The molecule has 2 N–H and O–H groups in total. The van der Waals surface area contributed by atoms with Crippen molar-refractivity contribution in [3.05, 3.63) is 23.8 Å². The van der Waals surface area contributed by atoms with E-state index < -0.39 is 17.1 Å². The van der Waals surface area contributed by atoms with Crippen molar-refractivity contribution in [3.63, 3.8) is 0 Å². The fourth-order valence-corrected chi connectivity index (χ4v) is 7.99. The van der Waals surface area contributed by atoms with Crippen molar-refractivity contribution in [1.29, 1.82) is 0 Å². The average molecular weight is 433 g/mol. The zero-order valence-electron chi connectivity index (χ0n) is 18.9. The van der Waals surface area contributed by atoms with Gasteiger partial charge in [0.25, 0.3) is 0 Å². The molecule has 0 radical (unpaired) electrons. The monoisotopic (exact) mass is 432 g/mol. The fourth-order valence-electron chi connectivity index (χ4n) is 7.19. The Morgan fingerprint density at radius 1 is 1.27 bits per heavy atom. The van der Waals surface area contributed by atoms with Crippen LogP contribution >= 0.6 is 11.8 Å². The van der Waals surface area contributed by atoms with Gasteiger partial charge < -0.3 is 10.2 Å². The van der Waals surface area contributed by atoms with E-state index >= 15 is 0 Å². The van der Waals surface area contributed by atoms with Crippen molar-refractivity contribution in [2.75, 3.05) is 5.75 Å². The van der Waals surface area contributed by atoms with Crippen molar-refractivity contribution in [2.24, 2.45) is 28.6 Å². The Balaban J connectivity index is 1.64. The molecule has 0 aromatic heterocycles. The van der Waals surface area contributed by atoms with E-state index in [2.05, 4.69) is 27.7 Å². The molecule has 30 heavy (non-hydrogen) atoms. The first-order chi connectivity index (χ1) is 13.8. The number of aliphatic hydroxyl groups is 2. The number of allylic oxidation sites excluding steroid dienone is 4. The quantitative estimate of drug-likeness (QED) is 0.702. The molecule has 0 aliphatic heterocycles. The van der Waals surface area contributed by atoms with Gasteiger partial charge in [-0.2, -0.15) is 0 Å². The summed E-state index contributed by atoms with van der Waals surface area (Å²) < 4.78 is -0.0342. The van der Waals surface area contributed by atoms with Gasteiger partial charge in [0.1, 0.15) is 5.60 Å². The zero-order valence-corrected chi connectivity index (χ0v) is 19.7. The number of aliphatic hydroxyl groups excluding tert-OH is 1. The van der Waals surface area contributed by atoms with Crippen LogP contribution in [0.15, 0.2) is 23.8 Å². The number of hydrogen-bond donors (Lipinski definition) is 2. The van der Waals surface area contributed by atoms with E-state index in [1.807, 2.05) is 13.0 Å². The molecule has 3 saturated carbocycles. The Bertz CT molecular complexity index is 823. The summed E-state index contributed by atoms with van der Waals surface area (Å²) in [6.07, 6.45) is 8.30. The highest BCUT2D eigenvalue weighted by molar-refractivity contribution is 8.01. The van der Waals surface area contributed by atoms with E-state index in [1.54, 1.807) is 23.9 Å². The van der Waals surface area contributed by atoms with Crippen LogP contribution in [0, 0.1) is 28.6 Å². The lowest BCUT2D eigenvalue weighted by atomic mass is 9.46. The molecular formula is C25H36O4S. The third-order valence-corrected chi connectivity index (χ3v) is 10.0. The van der Waals surface area contributed by atoms with Gasteiger partial charge in [0.05, 0.1) is 11.9 Å². The van der Waals surface area contributed by atoms with E-state index in [0.717, 1.165) is 24.8 Å². The summed E-state index contributed by atoms with van der Waals surface area (Å²) in [7, 11) is 0. The minimum atomic E-state index is -1.36. The summed E-state index contributed by atoms with van der Waals surface area (Å²) in [5.74, 6) is 0.750. The largest absolute Gasteiger partial charge is 0.393 e. The maximum Gasteiger partial charge on any atom is 0.178 e. The highest BCUT2D eigenvalue weighted by Gasteiger charge is 2.67. The second-order valence-electron chi connectivity index (χ2n) is 11.4. The van der Waals surface area contributed by atoms with Crippen molar-refractivity contribution in [3.8, 4) is 0 Å². The van der Waals surface area contributed by atoms with Crippen molar-refractivity contribution in [2.45, 2.75) is 83.2 Å². The molecule has 0 bridgehead atoms. The number of ketones is 2. The van der Waals surface area contributed by atoms with Gasteiger partial charge in [-0.05, 0) is 56.1 Å². The summed E-state index contributed by atoms with van der Waals surface area (Å²) >= 11 is 1.58. The summed E-state index contributed by atoms with van der Waals surface area (Å²) in [4.78, 5) is 25.2. The number of fused-ring (bicyclic) bond motifs is 5. The number of carbonyl (C=O) groups excluding carboxylic acids is 2. The maximum atomic E-state index is 13.3. The number of rotatable bonds is 3. The molecule has 4 nitrogen and oxygen atoms in total. The van der Waals surface area contributed by atoms with Crippen LogP contribution in [0.2, 0.25) is 0 Å². The number of Topliss-reactive ketones (excluding diaryl/α,β-unsaturated/α-hetero) is 1. The summed E-state index contributed by atoms with van der Waals surface area (Å²) in [6.45, 7) is 10.4. The predicted octanol–water partition coefficient (Wildman–Crippen LogP) is 4.10. The topological polar surface area (TPSA) is 74.6 Å². The molecule has 0 saturated heterocycles. The van der Waals surface area contributed by atoms with Gasteiger partial charge in [0.2, 0.25) is 0 Å². The summed E-state index contributed by atoms with van der Waals surface area (Å²) in [6, 6.07) is 0. The highest BCUT2D eigenvalue weighted by atomic mass is 32.2. The van der Waals surface area contributed by atoms with Gasteiger partial charge in [-0.15, -0.1) is 11.8 Å². The zero-order chi connectivity index (χ0) is 22.1. The molecule has 0 amide bonds. The molecule has 166 valence electrons. The first kappa shape index (κ1) is 22.3. The number of carbonyl (C=O) groups is 2. The van der Waals surface area contributed by atoms with E-state index in [-0.39, 0.29) is 39.5 Å². The highest BCUT2D eigenvalue weighted by Crippen LogP contribution is 2.67. The Morgan fingerprint density at radius 3 is 2.63 bits per heavy atom. The molecule has 4 aliphatic rings. The molecule has 4 rings (SSSR count). The molecular weight excluding hydrogens is 396 g/mol. The van der Waals surface area contributed by atoms with Crippen molar-refractivity contribution >= 4 is 23.3 Å². The first-order valence-corrected chi connectivity index (χ1v) is 12.3. The van der Waals surface area contributed by atoms with E-state index in [9.17, 15) is 19.8 Å². The molecule has 5 heteroatoms. The van der Waals surface area contributed by atoms with E-state index in [1.165, 1.54) is 0 Å². The van der Waals surface area contributed by atoms with Gasteiger partial charge in [0, 0.05) is 21.5 Å². The lowest BCUT2D eigenvalue weighted by molar-refractivity contribution is -0.174. The minimum absolute atomic E-state index is 0.0290. The lowest BCUT2D eigenvalue weighted by Gasteiger charge is -2.59. The van der Waals surface area contributed by atoms with Crippen molar-refractivity contribution in [1.82, 2.24) is 0 Å². The van der Waals surface area contributed by atoms with E-state index in [4.69, 9.17) is 0 Å². The van der Waals surface area contributed by atoms with Gasteiger partial charge in [-0.1, -0.05) is 46.3 Å². The van der Waals surface area contributed by atoms with Crippen LogP contribution in [0.1, 0.15) is 66.7 Å². The van der Waals surface area contributed by atoms with E-state index in [0.29, 0.717) is 18.6 Å². The molecule has 3 fully saturated rings. The van der Waals surface area contributed by atoms with Crippen LogP contribution < -0.4 is 0 Å². The van der Waals surface area contributed by atoms with Crippen LogP contribution in [0.5, 0.6) is 0 Å². The van der Waals surface area contributed by atoms with Gasteiger partial charge in [-0.3, -0.25) is 9.59 Å². The molecule has 0 heterocycles. The molecule has 4 aliphatic carbocycles. The van der Waals surface area contributed by atoms with Crippen LogP contribution in [0.4, 0.5) is 0 Å². The lowest BCUT2D eigenvalue weighted by Crippen LogP contribution is -2.61. The van der Waals surface area contributed by atoms with Crippen LogP contribution in [0.25, 0.3) is 0 Å². The van der Waals surface area contributed by atoms with Gasteiger partial charge in [-0.25, -0.2) is 0 Å². The summed E-state index contributed by atoms with van der Waals surface area (Å²) in [5.41, 5.74) is -1.15. The van der Waals surface area contributed by atoms with Crippen LogP contribution in [-0.2, 0) is 9.59 Å². The molecule has 0 spiro atoms. The standard InChI is InChI=1S/C25H36O4S/c1-22(2,3)30-14-20(28)25(29)11-9-18-17-7-6-15-12-16(26)8-10-23(15,4)21(17)19(27)13-24(18,25)5/h8,10,12,17-19,21,27,29H,6-7,9,11,13-14H2,1-5H3/t17-,18+,19+,21+,23-,24+,25-/m0/s1. The third-order valence-electron chi connectivity index (χ3n) is 8.75. The first-order valence-electron chi connectivity index (χ1n) is 11.3. The van der Waals surface area contributed by atoms with Crippen LogP contribution in [0.3, 0.4) is 0 Å². The Labute approximate surface area is 184 Å². The second-order valence-corrected chi connectivity index (χ2v) is 13.2. The fraction of sp³-hybridized carbons (Fsp3) is 0.760. The molecule has 7 atom stereocenters. The Kier molecular flexibility index (Phi) is 5.24. The maximum absolute atomic E-state index is 13.3. The minimum Gasteiger partial charge on any atom is -0.393 e. The Morgan fingerprint density at radius 2 is 1.97 bits per heavy atom. The second kappa shape index (κ2) is 7.05. The Hall–Kier alpha value is -0.910. The average Bonchev–Trinajstić information content (AvgIpc) is 2.91.